The molecule has 5 nitrogen and oxygen atoms in total. The van der Waals surface area contributed by atoms with Crippen LogP contribution in [-0.4, -0.2) is 28.8 Å². The van der Waals surface area contributed by atoms with Crippen LogP contribution < -0.4 is 10.1 Å². The molecule has 0 bridgehead atoms. The summed E-state index contributed by atoms with van der Waals surface area (Å²) in [5.41, 5.74) is 2.14. The maximum absolute atomic E-state index is 5.45. The van der Waals surface area contributed by atoms with E-state index < -0.39 is 0 Å². The lowest BCUT2D eigenvalue weighted by molar-refractivity contribution is 0.245. The summed E-state index contributed by atoms with van der Waals surface area (Å²) in [6.07, 6.45) is 0. The van der Waals surface area contributed by atoms with E-state index in [4.69, 9.17) is 17.0 Å². The number of methoxy groups -OCH3 is 1. The zero-order chi connectivity index (χ0) is 17.6. The van der Waals surface area contributed by atoms with Gasteiger partial charge in [0.1, 0.15) is 5.75 Å². The van der Waals surface area contributed by atoms with Crippen molar-refractivity contribution in [3.63, 3.8) is 0 Å². The van der Waals surface area contributed by atoms with Gasteiger partial charge in [0, 0.05) is 6.54 Å². The SMILES string of the molecule is COc1ccccc1Nc1nn(CN(C)Cc2ccccc2)c(=S)s1. The van der Waals surface area contributed by atoms with Crippen LogP contribution in [0.4, 0.5) is 10.8 Å². The molecule has 0 radical (unpaired) electrons. The third-order valence-corrected chi connectivity index (χ3v) is 4.85. The standard InChI is InChI=1S/C18H20N4OS2/c1-21(12-14-8-4-3-5-9-14)13-22-18(24)25-17(20-22)19-15-10-6-7-11-16(15)23-2/h3-11H,12-13H2,1-2H3,(H,19,20). The van der Waals surface area contributed by atoms with Gasteiger partial charge in [0.2, 0.25) is 5.13 Å². The third kappa shape index (κ3) is 4.66. The van der Waals surface area contributed by atoms with Crippen molar-refractivity contribution in [2.75, 3.05) is 19.5 Å². The Hall–Kier alpha value is -2.22. The summed E-state index contributed by atoms with van der Waals surface area (Å²) in [5, 5.41) is 8.62. The maximum atomic E-state index is 5.45. The van der Waals surface area contributed by atoms with Crippen molar-refractivity contribution in [3.05, 3.63) is 64.1 Å². The average Bonchev–Trinajstić information content (AvgIpc) is 2.95. The van der Waals surface area contributed by atoms with Gasteiger partial charge in [-0.3, -0.25) is 4.90 Å². The molecule has 0 unspecified atom stereocenters. The van der Waals surface area contributed by atoms with E-state index in [0.29, 0.717) is 6.67 Å². The second-order valence-electron chi connectivity index (χ2n) is 5.64. The van der Waals surface area contributed by atoms with Crippen molar-refractivity contribution in [3.8, 4) is 5.75 Å². The molecule has 3 aromatic rings. The fraction of sp³-hybridized carbons (Fsp3) is 0.222. The van der Waals surface area contributed by atoms with Gasteiger partial charge >= 0.3 is 0 Å². The molecule has 1 N–H and O–H groups in total. The van der Waals surface area contributed by atoms with Crippen LogP contribution in [0.15, 0.2) is 54.6 Å². The average molecular weight is 373 g/mol. The molecular weight excluding hydrogens is 352 g/mol. The Kier molecular flexibility index (Phi) is 5.80. The Morgan fingerprint density at radius 3 is 2.64 bits per heavy atom. The molecule has 0 aliphatic rings. The van der Waals surface area contributed by atoms with E-state index in [2.05, 4.69) is 34.5 Å². The van der Waals surface area contributed by atoms with Gasteiger partial charge in [0.05, 0.1) is 19.5 Å². The predicted octanol–water partition coefficient (Wildman–Crippen LogP) is 4.52. The second kappa shape index (κ2) is 8.24. The molecule has 0 atom stereocenters. The number of rotatable bonds is 7. The largest absolute Gasteiger partial charge is 0.495 e. The Morgan fingerprint density at radius 1 is 1.16 bits per heavy atom. The third-order valence-electron chi connectivity index (χ3n) is 3.63. The highest BCUT2D eigenvalue weighted by Crippen LogP contribution is 2.28. The Balaban J connectivity index is 1.69. The van der Waals surface area contributed by atoms with Crippen molar-refractivity contribution >= 4 is 34.4 Å². The van der Waals surface area contributed by atoms with Gasteiger partial charge in [0.15, 0.2) is 3.95 Å². The normalized spacial score (nSPS) is 10.8. The lowest BCUT2D eigenvalue weighted by Gasteiger charge is -2.16. The minimum Gasteiger partial charge on any atom is -0.495 e. The molecule has 0 saturated carbocycles. The topological polar surface area (TPSA) is 42.3 Å². The minimum absolute atomic E-state index is 0.637. The molecule has 0 aliphatic carbocycles. The quantitative estimate of drug-likeness (QED) is 0.618. The lowest BCUT2D eigenvalue weighted by Crippen LogP contribution is -2.22. The summed E-state index contributed by atoms with van der Waals surface area (Å²) in [7, 11) is 3.71. The first kappa shape index (κ1) is 17.6. The summed E-state index contributed by atoms with van der Waals surface area (Å²) in [5.74, 6) is 0.774. The van der Waals surface area contributed by atoms with Crippen LogP contribution in [0.25, 0.3) is 0 Å². The molecule has 0 aliphatic heterocycles. The molecule has 25 heavy (non-hydrogen) atoms. The first-order valence-electron chi connectivity index (χ1n) is 7.86. The number of aromatic nitrogens is 2. The highest BCUT2D eigenvalue weighted by atomic mass is 32.1. The number of nitrogens with one attached hydrogen (secondary N) is 1. The van der Waals surface area contributed by atoms with E-state index in [-0.39, 0.29) is 0 Å². The van der Waals surface area contributed by atoms with Gasteiger partial charge in [-0.25, -0.2) is 4.68 Å². The zero-order valence-corrected chi connectivity index (χ0v) is 15.8. The molecule has 130 valence electrons. The summed E-state index contributed by atoms with van der Waals surface area (Å²) in [6, 6.07) is 18.1. The van der Waals surface area contributed by atoms with E-state index in [1.54, 1.807) is 7.11 Å². The number of anilines is 2. The zero-order valence-electron chi connectivity index (χ0n) is 14.2. The molecule has 1 aromatic heterocycles. The first-order chi connectivity index (χ1) is 12.2. The number of hydrogen-bond acceptors (Lipinski definition) is 6. The number of ether oxygens (including phenoxy) is 1. The second-order valence-corrected chi connectivity index (χ2v) is 7.26. The summed E-state index contributed by atoms with van der Waals surface area (Å²) < 4.78 is 7.93. The summed E-state index contributed by atoms with van der Waals surface area (Å²) in [4.78, 5) is 2.18. The minimum atomic E-state index is 0.637. The monoisotopic (exact) mass is 372 g/mol. The molecule has 0 saturated heterocycles. The van der Waals surface area contributed by atoms with E-state index in [1.165, 1.54) is 16.9 Å². The van der Waals surface area contributed by atoms with E-state index in [9.17, 15) is 0 Å². The molecular formula is C18H20N4OS2. The van der Waals surface area contributed by atoms with Crippen LogP contribution in [0.5, 0.6) is 5.75 Å². The van der Waals surface area contributed by atoms with Crippen LogP contribution >= 0.6 is 23.6 Å². The maximum Gasteiger partial charge on any atom is 0.209 e. The van der Waals surface area contributed by atoms with Gasteiger partial charge in [-0.15, -0.1) is 5.10 Å². The molecule has 2 aromatic carbocycles. The van der Waals surface area contributed by atoms with Crippen LogP contribution in [0.1, 0.15) is 5.56 Å². The van der Waals surface area contributed by atoms with Crippen molar-refractivity contribution in [2.45, 2.75) is 13.2 Å². The molecule has 7 heteroatoms. The number of hydrogen-bond donors (Lipinski definition) is 1. The van der Waals surface area contributed by atoms with Gasteiger partial charge in [-0.05, 0) is 37.0 Å². The van der Waals surface area contributed by atoms with Crippen LogP contribution in [0.2, 0.25) is 0 Å². The molecule has 3 rings (SSSR count). The van der Waals surface area contributed by atoms with Crippen molar-refractivity contribution in [2.24, 2.45) is 0 Å². The fourth-order valence-corrected chi connectivity index (χ4v) is 3.49. The van der Waals surface area contributed by atoms with Gasteiger partial charge < -0.3 is 10.1 Å². The van der Waals surface area contributed by atoms with Gasteiger partial charge in [-0.1, -0.05) is 53.8 Å². The predicted molar refractivity (Wildman–Crippen MR) is 105 cm³/mol. The van der Waals surface area contributed by atoms with Crippen molar-refractivity contribution in [1.29, 1.82) is 0 Å². The van der Waals surface area contributed by atoms with Crippen LogP contribution in [-0.2, 0) is 13.2 Å². The van der Waals surface area contributed by atoms with Gasteiger partial charge in [0.25, 0.3) is 0 Å². The van der Waals surface area contributed by atoms with E-state index in [0.717, 1.165) is 27.1 Å². The molecule has 0 amide bonds. The molecule has 1 heterocycles. The Bertz CT molecular complexity index is 876. The Labute approximate surface area is 156 Å². The van der Waals surface area contributed by atoms with E-state index >= 15 is 0 Å². The fourth-order valence-electron chi connectivity index (χ4n) is 2.48. The smallest absolute Gasteiger partial charge is 0.209 e. The van der Waals surface area contributed by atoms with E-state index in [1.807, 2.05) is 47.1 Å². The lowest BCUT2D eigenvalue weighted by atomic mass is 10.2. The number of benzene rings is 2. The summed E-state index contributed by atoms with van der Waals surface area (Å²) in [6.45, 7) is 1.48. The van der Waals surface area contributed by atoms with Crippen LogP contribution in [0, 0.1) is 3.95 Å². The first-order valence-corrected chi connectivity index (χ1v) is 9.08. The highest BCUT2D eigenvalue weighted by molar-refractivity contribution is 7.73. The molecule has 0 spiro atoms. The molecule has 0 fully saturated rings. The summed E-state index contributed by atoms with van der Waals surface area (Å²) >= 11 is 6.90. The van der Waals surface area contributed by atoms with Crippen molar-refractivity contribution in [1.82, 2.24) is 14.7 Å². The van der Waals surface area contributed by atoms with Gasteiger partial charge in [-0.2, -0.15) is 0 Å². The Morgan fingerprint density at radius 2 is 1.88 bits per heavy atom. The van der Waals surface area contributed by atoms with Crippen molar-refractivity contribution < 1.29 is 4.74 Å². The van der Waals surface area contributed by atoms with Crippen LogP contribution in [0.3, 0.4) is 0 Å². The number of para-hydroxylation sites is 2. The highest BCUT2D eigenvalue weighted by Gasteiger charge is 2.09. The number of nitrogens with zero attached hydrogens (tertiary/aromatic N) is 3.